The largest absolute Gasteiger partial charge is 0.490 e. The van der Waals surface area contributed by atoms with Crippen LogP contribution in [0.1, 0.15) is 86.0 Å². The zero-order valence-corrected chi connectivity index (χ0v) is 29.4. The fourth-order valence-electron chi connectivity index (χ4n) is 8.81. The van der Waals surface area contributed by atoms with E-state index in [9.17, 15) is 18.3 Å². The molecule has 0 unspecified atom stereocenters. The summed E-state index contributed by atoms with van der Waals surface area (Å²) in [5, 5.41) is 12.5. The Bertz CT molecular complexity index is 1790. The summed E-state index contributed by atoms with van der Waals surface area (Å²) in [4.78, 5) is 20.5. The van der Waals surface area contributed by atoms with Gasteiger partial charge in [0, 0.05) is 47.4 Å². The van der Waals surface area contributed by atoms with E-state index in [1.54, 1.807) is 31.3 Å². The molecule has 1 saturated carbocycles. The van der Waals surface area contributed by atoms with Crippen molar-refractivity contribution in [1.29, 1.82) is 0 Å². The van der Waals surface area contributed by atoms with Crippen LogP contribution in [0.4, 0.5) is 5.69 Å². The molecule has 1 spiro atoms. The Hall–Kier alpha value is -3.14. The molecule has 7 rings (SSSR count). The van der Waals surface area contributed by atoms with Gasteiger partial charge in [0.15, 0.2) is 0 Å². The van der Waals surface area contributed by atoms with Crippen molar-refractivity contribution >= 4 is 33.2 Å². The van der Waals surface area contributed by atoms with Crippen LogP contribution < -0.4 is 14.4 Å². The van der Waals surface area contributed by atoms with Crippen LogP contribution in [0, 0.1) is 17.8 Å². The van der Waals surface area contributed by atoms with Gasteiger partial charge in [0.2, 0.25) is 10.0 Å². The molecule has 1 fully saturated rings. The SMILES string of the molecule is C[C@@H]1[C@@H](C)CCC[C@@](O)(Cc2ccccn2)[C@@H]2CC[C@H]2CN2C[C@@]3(CCCc4cc(Cl)ccc43)COc3ccc(cc32)C(=O)NS1(=O)=O. The lowest BCUT2D eigenvalue weighted by Gasteiger charge is -2.50. The Kier molecular flexibility index (Phi) is 9.00. The summed E-state index contributed by atoms with van der Waals surface area (Å²) in [5.74, 6) is 0.107. The average molecular weight is 692 g/mol. The first-order chi connectivity index (χ1) is 23.0. The maximum absolute atomic E-state index is 13.5. The number of fused-ring (bicyclic) bond motifs is 4. The van der Waals surface area contributed by atoms with Crippen LogP contribution in [0.5, 0.6) is 5.75 Å². The smallest absolute Gasteiger partial charge is 0.264 e. The van der Waals surface area contributed by atoms with E-state index in [4.69, 9.17) is 16.3 Å². The summed E-state index contributed by atoms with van der Waals surface area (Å²) in [7, 11) is -3.95. The Balaban J connectivity index is 1.31. The number of pyridine rings is 1. The van der Waals surface area contributed by atoms with E-state index in [1.807, 2.05) is 31.2 Å². The van der Waals surface area contributed by atoms with Crippen LogP contribution in [-0.4, -0.2) is 55.0 Å². The third-order valence-electron chi connectivity index (χ3n) is 11.9. The number of sulfonamides is 1. The van der Waals surface area contributed by atoms with Gasteiger partial charge < -0.3 is 14.7 Å². The Labute approximate surface area is 289 Å². The topological polar surface area (TPSA) is 109 Å². The number of aliphatic hydroxyl groups is 1. The van der Waals surface area contributed by atoms with Crippen molar-refractivity contribution in [2.24, 2.45) is 17.8 Å². The van der Waals surface area contributed by atoms with Crippen LogP contribution in [0.25, 0.3) is 0 Å². The molecule has 4 aliphatic rings. The van der Waals surface area contributed by atoms with E-state index in [0.717, 1.165) is 48.5 Å². The molecule has 3 aromatic rings. The lowest BCUT2D eigenvalue weighted by Crippen LogP contribution is -2.54. The standard InChI is InChI=1S/C38H46ClN3O5S/c1-25-7-5-17-38(44,21-31-9-3-4-18-40-31)33-13-10-29(33)22-42-23-37(16-6-8-27-19-30(39)12-14-32(27)37)24-47-35-15-11-28(20-34(35)42)36(43)41-48(45,46)26(25)2/h3-4,9,11-12,14-15,18-20,25-26,29,33,44H,5-8,10,13,16-17,21-24H2,1-2H3,(H,41,43)/t25-,26+,29-,33+,37-,38+/m0/s1. The van der Waals surface area contributed by atoms with E-state index >= 15 is 0 Å². The monoisotopic (exact) mass is 691 g/mol. The van der Waals surface area contributed by atoms with Crippen LogP contribution >= 0.6 is 11.6 Å². The number of hydrogen-bond acceptors (Lipinski definition) is 7. The zero-order valence-electron chi connectivity index (χ0n) is 27.8. The first-order valence-electron chi connectivity index (χ1n) is 17.5. The molecular weight excluding hydrogens is 646 g/mol. The number of halogens is 1. The molecule has 0 radical (unpaired) electrons. The van der Waals surface area contributed by atoms with Crippen molar-refractivity contribution in [3.63, 3.8) is 0 Å². The first-order valence-corrected chi connectivity index (χ1v) is 19.4. The quantitative estimate of drug-likeness (QED) is 0.317. The molecule has 1 amide bonds. The van der Waals surface area contributed by atoms with Crippen LogP contribution in [0.3, 0.4) is 0 Å². The molecule has 2 N–H and O–H groups in total. The average Bonchev–Trinajstić information content (AvgIpc) is 3.19. The molecule has 2 aliphatic heterocycles. The van der Waals surface area contributed by atoms with Gasteiger partial charge in [-0.05, 0) is 123 Å². The molecule has 10 heteroatoms. The van der Waals surface area contributed by atoms with Crippen LogP contribution in [-0.2, 0) is 28.3 Å². The number of benzene rings is 2. The Morgan fingerprint density at radius 3 is 2.69 bits per heavy atom. The lowest BCUT2D eigenvalue weighted by molar-refractivity contribution is -0.0886. The molecule has 2 aliphatic carbocycles. The fraction of sp³-hybridized carbons (Fsp3) is 0.526. The number of aromatic nitrogens is 1. The summed E-state index contributed by atoms with van der Waals surface area (Å²) < 4.78 is 35.9. The number of amides is 1. The fourth-order valence-corrected chi connectivity index (χ4v) is 10.3. The van der Waals surface area contributed by atoms with Crippen LogP contribution in [0.2, 0.25) is 5.02 Å². The van der Waals surface area contributed by atoms with E-state index in [2.05, 4.69) is 26.7 Å². The third-order valence-corrected chi connectivity index (χ3v) is 14.0. The number of carbonyl (C=O) groups excluding carboxylic acids is 1. The number of ether oxygens (including phenoxy) is 1. The van der Waals surface area contributed by atoms with E-state index in [0.29, 0.717) is 51.1 Å². The highest BCUT2D eigenvalue weighted by Crippen LogP contribution is 2.49. The lowest BCUT2D eigenvalue weighted by atomic mass is 9.61. The number of aryl methyl sites for hydroxylation is 1. The van der Waals surface area contributed by atoms with Gasteiger partial charge in [-0.3, -0.25) is 9.78 Å². The second kappa shape index (κ2) is 13.0. The van der Waals surface area contributed by atoms with Gasteiger partial charge in [0.1, 0.15) is 5.75 Å². The summed E-state index contributed by atoms with van der Waals surface area (Å²) in [6.07, 6.45) is 8.90. The molecular formula is C38H46ClN3O5S. The van der Waals surface area contributed by atoms with E-state index in [-0.39, 0.29) is 28.7 Å². The summed E-state index contributed by atoms with van der Waals surface area (Å²) in [6, 6.07) is 17.3. The van der Waals surface area contributed by atoms with E-state index in [1.165, 1.54) is 11.1 Å². The van der Waals surface area contributed by atoms with Crippen molar-refractivity contribution in [2.45, 2.75) is 87.9 Å². The molecule has 256 valence electrons. The summed E-state index contributed by atoms with van der Waals surface area (Å²) in [6.45, 7) is 5.42. The molecule has 48 heavy (non-hydrogen) atoms. The normalized spacial score (nSPS) is 31.8. The van der Waals surface area contributed by atoms with Crippen molar-refractivity contribution in [1.82, 2.24) is 9.71 Å². The molecule has 8 nitrogen and oxygen atoms in total. The minimum atomic E-state index is -3.95. The number of nitrogens with one attached hydrogen (secondary N) is 1. The Morgan fingerprint density at radius 2 is 1.92 bits per heavy atom. The zero-order chi connectivity index (χ0) is 33.7. The van der Waals surface area contributed by atoms with Crippen molar-refractivity contribution in [2.75, 3.05) is 24.6 Å². The molecule has 3 heterocycles. The minimum absolute atomic E-state index is 0.0522. The molecule has 2 aromatic carbocycles. The van der Waals surface area contributed by atoms with Gasteiger partial charge in [-0.2, -0.15) is 0 Å². The van der Waals surface area contributed by atoms with Gasteiger partial charge in [-0.25, -0.2) is 13.1 Å². The van der Waals surface area contributed by atoms with Crippen molar-refractivity contribution < 1.29 is 23.1 Å². The predicted octanol–water partition coefficient (Wildman–Crippen LogP) is 6.48. The van der Waals surface area contributed by atoms with Gasteiger partial charge >= 0.3 is 0 Å². The number of anilines is 1. The van der Waals surface area contributed by atoms with Gasteiger partial charge in [0.05, 0.1) is 23.1 Å². The summed E-state index contributed by atoms with van der Waals surface area (Å²) >= 11 is 6.45. The maximum Gasteiger partial charge on any atom is 0.264 e. The van der Waals surface area contributed by atoms with Crippen molar-refractivity contribution in [3.05, 3.63) is 88.2 Å². The molecule has 2 bridgehead atoms. The number of hydrogen-bond donors (Lipinski definition) is 2. The molecule has 1 aromatic heterocycles. The number of rotatable bonds is 2. The Morgan fingerprint density at radius 1 is 1.06 bits per heavy atom. The third kappa shape index (κ3) is 6.34. The molecule has 6 atom stereocenters. The second-order valence-electron chi connectivity index (χ2n) is 14.9. The maximum atomic E-state index is 13.5. The highest BCUT2D eigenvalue weighted by molar-refractivity contribution is 7.90. The molecule has 0 saturated heterocycles. The predicted molar refractivity (Wildman–Crippen MR) is 188 cm³/mol. The van der Waals surface area contributed by atoms with Gasteiger partial charge in [0.25, 0.3) is 5.91 Å². The minimum Gasteiger partial charge on any atom is -0.490 e. The highest BCUT2D eigenvalue weighted by atomic mass is 35.5. The second-order valence-corrected chi connectivity index (χ2v) is 17.4. The van der Waals surface area contributed by atoms with E-state index < -0.39 is 26.8 Å². The number of nitrogens with zero attached hydrogens (tertiary/aromatic N) is 2. The van der Waals surface area contributed by atoms with Gasteiger partial charge in [-0.15, -0.1) is 0 Å². The van der Waals surface area contributed by atoms with Crippen LogP contribution in [0.15, 0.2) is 60.8 Å². The highest BCUT2D eigenvalue weighted by Gasteiger charge is 2.49. The van der Waals surface area contributed by atoms with Gasteiger partial charge in [-0.1, -0.05) is 37.1 Å². The first kappa shape index (κ1) is 33.4. The summed E-state index contributed by atoms with van der Waals surface area (Å²) in [5.41, 5.74) is 3.15. The van der Waals surface area contributed by atoms with Crippen molar-refractivity contribution in [3.8, 4) is 5.75 Å². The number of carbonyl (C=O) groups is 1.